The molecule has 0 bridgehead atoms. The van der Waals surface area contributed by atoms with Crippen LogP contribution in [0.3, 0.4) is 0 Å². The van der Waals surface area contributed by atoms with Crippen molar-refractivity contribution in [1.29, 1.82) is 0 Å². The van der Waals surface area contributed by atoms with Crippen LogP contribution in [0.1, 0.15) is 43.6 Å². The third-order valence-corrected chi connectivity index (χ3v) is 4.73. The van der Waals surface area contributed by atoms with Crippen LogP contribution in [0.15, 0.2) is 12.3 Å². The first-order valence-corrected chi connectivity index (χ1v) is 8.63. The maximum absolute atomic E-state index is 11.6. The van der Waals surface area contributed by atoms with E-state index in [9.17, 15) is 8.42 Å². The van der Waals surface area contributed by atoms with Crippen LogP contribution < -0.4 is 4.72 Å². The molecule has 1 aliphatic heterocycles. The minimum absolute atomic E-state index is 0.140. The zero-order chi connectivity index (χ0) is 14.4. The molecular formula is C13H21N3O3S. The third kappa shape index (κ3) is 4.50. The van der Waals surface area contributed by atoms with Crippen molar-refractivity contribution in [3.63, 3.8) is 0 Å². The summed E-state index contributed by atoms with van der Waals surface area (Å²) in [5, 5.41) is 0. The number of ether oxygens (including phenoxy) is 1. The van der Waals surface area contributed by atoms with Crippen molar-refractivity contribution in [2.24, 2.45) is 0 Å². The van der Waals surface area contributed by atoms with E-state index in [-0.39, 0.29) is 18.2 Å². The summed E-state index contributed by atoms with van der Waals surface area (Å²) in [4.78, 5) is 8.72. The van der Waals surface area contributed by atoms with Gasteiger partial charge in [0.2, 0.25) is 10.0 Å². The first kappa shape index (κ1) is 15.3. The van der Waals surface area contributed by atoms with Gasteiger partial charge in [-0.05, 0) is 25.3 Å². The Labute approximate surface area is 120 Å². The predicted octanol–water partition coefficient (Wildman–Crippen LogP) is 1.20. The zero-order valence-electron chi connectivity index (χ0n) is 11.7. The van der Waals surface area contributed by atoms with Gasteiger partial charge in [0.05, 0.1) is 24.6 Å². The number of nitrogens with one attached hydrogen (secondary N) is 1. The van der Waals surface area contributed by atoms with Crippen LogP contribution in [0.4, 0.5) is 0 Å². The van der Waals surface area contributed by atoms with Gasteiger partial charge in [-0.1, -0.05) is 6.92 Å². The predicted molar refractivity (Wildman–Crippen MR) is 75.7 cm³/mol. The molecule has 0 aromatic carbocycles. The maximum Gasteiger partial charge on any atom is 0.211 e. The van der Waals surface area contributed by atoms with E-state index in [0.29, 0.717) is 18.7 Å². The average molecular weight is 299 g/mol. The summed E-state index contributed by atoms with van der Waals surface area (Å²) in [6.07, 6.45) is 4.32. The number of aromatic nitrogens is 2. The first-order chi connectivity index (χ1) is 9.61. The molecule has 0 amide bonds. The van der Waals surface area contributed by atoms with Gasteiger partial charge in [0.25, 0.3) is 0 Å². The average Bonchev–Trinajstić information content (AvgIpc) is 2.47. The van der Waals surface area contributed by atoms with Crippen molar-refractivity contribution in [3.8, 4) is 0 Å². The molecule has 2 heterocycles. The summed E-state index contributed by atoms with van der Waals surface area (Å²) in [5.41, 5.74) is 0.695. The molecule has 1 aliphatic rings. The van der Waals surface area contributed by atoms with Crippen molar-refractivity contribution in [3.05, 3.63) is 23.8 Å². The molecule has 0 aliphatic carbocycles. The number of sulfonamides is 1. The van der Waals surface area contributed by atoms with Crippen molar-refractivity contribution in [1.82, 2.24) is 14.7 Å². The number of rotatable bonds is 6. The lowest BCUT2D eigenvalue weighted by Crippen LogP contribution is -2.26. The Hall–Kier alpha value is -1.05. The quantitative estimate of drug-likeness (QED) is 0.853. The van der Waals surface area contributed by atoms with Crippen LogP contribution >= 0.6 is 0 Å². The van der Waals surface area contributed by atoms with Crippen LogP contribution in [0.2, 0.25) is 0 Å². The number of hydrogen-bond acceptors (Lipinski definition) is 5. The van der Waals surface area contributed by atoms with E-state index in [1.165, 1.54) is 0 Å². The fraction of sp³-hybridized carbons (Fsp3) is 0.692. The van der Waals surface area contributed by atoms with Gasteiger partial charge < -0.3 is 4.74 Å². The van der Waals surface area contributed by atoms with Crippen LogP contribution in [0.25, 0.3) is 0 Å². The topological polar surface area (TPSA) is 81.2 Å². The van der Waals surface area contributed by atoms with Gasteiger partial charge in [-0.3, -0.25) is 0 Å². The van der Waals surface area contributed by atoms with Gasteiger partial charge in [0.1, 0.15) is 5.82 Å². The fourth-order valence-electron chi connectivity index (χ4n) is 2.18. The van der Waals surface area contributed by atoms with Crippen molar-refractivity contribution in [2.45, 2.75) is 38.6 Å². The molecule has 1 aromatic rings. The molecule has 20 heavy (non-hydrogen) atoms. The van der Waals surface area contributed by atoms with Gasteiger partial charge in [-0.25, -0.2) is 23.1 Å². The summed E-state index contributed by atoms with van der Waals surface area (Å²) in [6, 6.07) is 1.74. The second-order valence-corrected chi connectivity index (χ2v) is 6.89. The van der Waals surface area contributed by atoms with Crippen LogP contribution in [0.5, 0.6) is 0 Å². The molecule has 0 saturated carbocycles. The smallest absolute Gasteiger partial charge is 0.211 e. The molecule has 7 heteroatoms. The summed E-state index contributed by atoms with van der Waals surface area (Å²) in [6.45, 7) is 3.49. The Morgan fingerprint density at radius 3 is 3.05 bits per heavy atom. The molecule has 0 radical (unpaired) electrons. The Bertz CT molecular complexity index is 527. The minimum Gasteiger partial charge on any atom is -0.381 e. The number of nitrogens with zero attached hydrogens (tertiary/aromatic N) is 2. The lowest BCUT2D eigenvalue weighted by molar-refractivity contribution is 0.0780. The van der Waals surface area contributed by atoms with Crippen LogP contribution in [-0.4, -0.2) is 37.4 Å². The highest BCUT2D eigenvalue weighted by atomic mass is 32.2. The normalized spacial score (nSPS) is 19.9. The Morgan fingerprint density at radius 2 is 2.35 bits per heavy atom. The second-order valence-electron chi connectivity index (χ2n) is 4.96. The largest absolute Gasteiger partial charge is 0.381 e. The van der Waals surface area contributed by atoms with E-state index >= 15 is 0 Å². The standard InChI is InChI=1S/C13H21N3O3S/c1-2-8-20(17,18)15-9-12-5-6-14-13(16-12)11-4-3-7-19-10-11/h5-6,11,15H,2-4,7-10H2,1H3/t11-/m0/s1. The minimum atomic E-state index is -3.20. The second kappa shape index (κ2) is 7.10. The monoisotopic (exact) mass is 299 g/mol. The summed E-state index contributed by atoms with van der Waals surface area (Å²) < 4.78 is 31.2. The first-order valence-electron chi connectivity index (χ1n) is 6.97. The molecule has 1 aromatic heterocycles. The molecule has 112 valence electrons. The lowest BCUT2D eigenvalue weighted by Gasteiger charge is -2.20. The van der Waals surface area contributed by atoms with Crippen molar-refractivity contribution in [2.75, 3.05) is 19.0 Å². The molecule has 0 spiro atoms. The SMILES string of the molecule is CCCS(=O)(=O)NCc1ccnc([C@H]2CCCOC2)n1. The van der Waals surface area contributed by atoms with Gasteiger partial charge in [0.15, 0.2) is 0 Å². The maximum atomic E-state index is 11.6. The van der Waals surface area contributed by atoms with E-state index in [1.54, 1.807) is 12.3 Å². The molecular weight excluding hydrogens is 278 g/mol. The Kier molecular flexibility index (Phi) is 5.45. The molecule has 1 saturated heterocycles. The van der Waals surface area contributed by atoms with Gasteiger partial charge in [0, 0.05) is 18.7 Å². The van der Waals surface area contributed by atoms with E-state index in [4.69, 9.17) is 4.74 Å². The molecule has 1 fully saturated rings. The van der Waals surface area contributed by atoms with E-state index in [0.717, 1.165) is 25.3 Å². The Morgan fingerprint density at radius 1 is 1.50 bits per heavy atom. The Balaban J connectivity index is 1.99. The molecule has 0 unspecified atom stereocenters. The fourth-order valence-corrected chi connectivity index (χ4v) is 3.23. The van der Waals surface area contributed by atoms with Crippen LogP contribution in [-0.2, 0) is 21.3 Å². The summed E-state index contributed by atoms with van der Waals surface area (Å²) in [5.74, 6) is 1.11. The van der Waals surface area contributed by atoms with Gasteiger partial charge >= 0.3 is 0 Å². The molecule has 2 rings (SSSR count). The summed E-state index contributed by atoms with van der Waals surface area (Å²) >= 11 is 0. The highest BCUT2D eigenvalue weighted by molar-refractivity contribution is 7.89. The zero-order valence-corrected chi connectivity index (χ0v) is 12.5. The number of hydrogen-bond donors (Lipinski definition) is 1. The van der Waals surface area contributed by atoms with Crippen LogP contribution in [0, 0.1) is 0 Å². The third-order valence-electron chi connectivity index (χ3n) is 3.20. The van der Waals surface area contributed by atoms with Gasteiger partial charge in [-0.2, -0.15) is 0 Å². The van der Waals surface area contributed by atoms with Gasteiger partial charge in [-0.15, -0.1) is 0 Å². The molecule has 6 nitrogen and oxygen atoms in total. The van der Waals surface area contributed by atoms with E-state index < -0.39 is 10.0 Å². The summed E-state index contributed by atoms with van der Waals surface area (Å²) in [7, 11) is -3.20. The highest BCUT2D eigenvalue weighted by Crippen LogP contribution is 2.22. The van der Waals surface area contributed by atoms with E-state index in [1.807, 2.05) is 6.92 Å². The lowest BCUT2D eigenvalue weighted by atomic mass is 10.0. The molecule has 1 N–H and O–H groups in total. The van der Waals surface area contributed by atoms with Crippen molar-refractivity contribution >= 4 is 10.0 Å². The highest BCUT2D eigenvalue weighted by Gasteiger charge is 2.19. The van der Waals surface area contributed by atoms with Crippen molar-refractivity contribution < 1.29 is 13.2 Å². The van der Waals surface area contributed by atoms with E-state index in [2.05, 4.69) is 14.7 Å². The molecule has 1 atom stereocenters.